The quantitative estimate of drug-likeness (QED) is 0.829. The van der Waals surface area contributed by atoms with Gasteiger partial charge in [0.05, 0.1) is 6.10 Å². The van der Waals surface area contributed by atoms with Gasteiger partial charge in [-0.3, -0.25) is 10.1 Å². The van der Waals surface area contributed by atoms with Crippen molar-refractivity contribution in [3.05, 3.63) is 29.8 Å². The normalized spacial score (nSPS) is 26.4. The van der Waals surface area contributed by atoms with Crippen LogP contribution in [0.25, 0.3) is 0 Å². The molecule has 2 N–H and O–H groups in total. The predicted octanol–water partition coefficient (Wildman–Crippen LogP) is 2.06. The largest absolute Gasteiger partial charge is 0.490 e. The van der Waals surface area contributed by atoms with Crippen LogP contribution >= 0.6 is 0 Å². The number of hydrogen-bond acceptors (Lipinski definition) is 3. The number of amides is 3. The lowest BCUT2D eigenvalue weighted by atomic mass is 9.92. The lowest BCUT2D eigenvalue weighted by molar-refractivity contribution is -0.123. The van der Waals surface area contributed by atoms with Gasteiger partial charge in [0.1, 0.15) is 11.3 Å². The van der Waals surface area contributed by atoms with Gasteiger partial charge in [0.25, 0.3) is 5.91 Å². The van der Waals surface area contributed by atoms with Crippen LogP contribution in [0.2, 0.25) is 0 Å². The topological polar surface area (TPSA) is 67.4 Å². The Hall–Kier alpha value is -2.04. The first-order valence-electron chi connectivity index (χ1n) is 6.99. The summed E-state index contributed by atoms with van der Waals surface area (Å²) in [5.74, 6) is 0.487. The summed E-state index contributed by atoms with van der Waals surface area (Å²) in [5.41, 5.74) is -0.247. The van der Waals surface area contributed by atoms with Crippen LogP contribution in [-0.2, 0) is 10.3 Å². The van der Waals surface area contributed by atoms with E-state index in [0.717, 1.165) is 24.2 Å². The Kier molecular flexibility index (Phi) is 3.12. The third kappa shape index (κ3) is 2.24. The molecule has 1 saturated heterocycles. The second-order valence-corrected chi connectivity index (χ2v) is 5.58. The Morgan fingerprint density at radius 1 is 1.15 bits per heavy atom. The van der Waals surface area contributed by atoms with Gasteiger partial charge in [-0.05, 0) is 50.3 Å². The molecule has 1 aliphatic carbocycles. The fraction of sp³-hybridized carbons (Fsp3) is 0.467. The molecule has 106 valence electrons. The zero-order valence-electron chi connectivity index (χ0n) is 11.4. The van der Waals surface area contributed by atoms with E-state index in [9.17, 15) is 9.59 Å². The lowest BCUT2D eigenvalue weighted by Gasteiger charge is -2.21. The van der Waals surface area contributed by atoms with E-state index in [1.54, 1.807) is 6.92 Å². The molecule has 1 heterocycles. The van der Waals surface area contributed by atoms with E-state index in [1.807, 2.05) is 24.3 Å². The molecule has 0 bridgehead atoms. The van der Waals surface area contributed by atoms with Crippen LogP contribution in [0.5, 0.6) is 5.75 Å². The summed E-state index contributed by atoms with van der Waals surface area (Å²) in [5, 5.41) is 4.91. The molecule has 20 heavy (non-hydrogen) atoms. The smallest absolute Gasteiger partial charge is 0.322 e. The summed E-state index contributed by atoms with van der Waals surface area (Å²) in [4.78, 5) is 23.1. The van der Waals surface area contributed by atoms with Crippen LogP contribution in [0.4, 0.5) is 4.79 Å². The van der Waals surface area contributed by atoms with E-state index in [2.05, 4.69) is 10.6 Å². The van der Waals surface area contributed by atoms with Crippen molar-refractivity contribution in [1.29, 1.82) is 0 Å². The van der Waals surface area contributed by atoms with Gasteiger partial charge in [-0.1, -0.05) is 12.1 Å². The molecule has 2 fully saturated rings. The predicted molar refractivity (Wildman–Crippen MR) is 73.4 cm³/mol. The third-order valence-corrected chi connectivity index (χ3v) is 4.08. The lowest BCUT2D eigenvalue weighted by Crippen LogP contribution is -2.40. The average Bonchev–Trinajstić information content (AvgIpc) is 3.00. The molecule has 1 aromatic rings. The molecule has 0 spiro atoms. The molecule has 1 unspecified atom stereocenters. The molecule has 0 aromatic heterocycles. The van der Waals surface area contributed by atoms with Crippen molar-refractivity contribution in [2.45, 2.75) is 44.2 Å². The van der Waals surface area contributed by atoms with Crippen LogP contribution in [0.3, 0.4) is 0 Å². The van der Waals surface area contributed by atoms with Crippen LogP contribution in [0, 0.1) is 0 Å². The monoisotopic (exact) mass is 274 g/mol. The van der Waals surface area contributed by atoms with Gasteiger partial charge in [-0.15, -0.1) is 0 Å². The second kappa shape index (κ2) is 4.81. The van der Waals surface area contributed by atoms with Crippen LogP contribution in [0.15, 0.2) is 24.3 Å². The first-order chi connectivity index (χ1) is 9.58. The van der Waals surface area contributed by atoms with Crippen LogP contribution in [0.1, 0.15) is 38.2 Å². The number of nitrogens with one attached hydrogen (secondary N) is 2. The number of rotatable bonds is 3. The number of ether oxygens (including phenoxy) is 1. The van der Waals surface area contributed by atoms with Crippen molar-refractivity contribution >= 4 is 11.9 Å². The SMILES string of the molecule is CC1(c2ccc(OC3CCCC3)cc2)NC(=O)NC1=O. The van der Waals surface area contributed by atoms with Crippen molar-refractivity contribution < 1.29 is 14.3 Å². The molecule has 3 rings (SSSR count). The maximum Gasteiger partial charge on any atom is 0.322 e. The van der Waals surface area contributed by atoms with E-state index in [1.165, 1.54) is 12.8 Å². The maximum absolute atomic E-state index is 11.8. The summed E-state index contributed by atoms with van der Waals surface area (Å²) in [7, 11) is 0. The van der Waals surface area contributed by atoms with Gasteiger partial charge >= 0.3 is 6.03 Å². The number of benzene rings is 1. The molecule has 1 saturated carbocycles. The van der Waals surface area contributed by atoms with Gasteiger partial charge in [0.2, 0.25) is 0 Å². The van der Waals surface area contributed by atoms with Crippen molar-refractivity contribution in [2.24, 2.45) is 0 Å². The van der Waals surface area contributed by atoms with Crippen LogP contribution < -0.4 is 15.4 Å². The molecule has 5 nitrogen and oxygen atoms in total. The van der Waals surface area contributed by atoms with Gasteiger partial charge in [-0.25, -0.2) is 4.79 Å². The minimum absolute atomic E-state index is 0.311. The van der Waals surface area contributed by atoms with Crippen molar-refractivity contribution in [2.75, 3.05) is 0 Å². The van der Waals surface area contributed by atoms with Gasteiger partial charge in [-0.2, -0.15) is 0 Å². The summed E-state index contributed by atoms with van der Waals surface area (Å²) in [6, 6.07) is 6.92. The number of imide groups is 1. The van der Waals surface area contributed by atoms with E-state index >= 15 is 0 Å². The van der Waals surface area contributed by atoms with Gasteiger partial charge in [0.15, 0.2) is 0 Å². The third-order valence-electron chi connectivity index (χ3n) is 4.08. The summed E-state index contributed by atoms with van der Waals surface area (Å²) in [6.45, 7) is 1.69. The minimum atomic E-state index is -0.997. The van der Waals surface area contributed by atoms with Gasteiger partial charge < -0.3 is 10.1 Å². The average molecular weight is 274 g/mol. The zero-order valence-corrected chi connectivity index (χ0v) is 11.4. The first kappa shape index (κ1) is 13.0. The molecule has 3 amide bonds. The highest BCUT2D eigenvalue weighted by Crippen LogP contribution is 2.28. The molecule has 1 aromatic carbocycles. The molecular weight excluding hydrogens is 256 g/mol. The Balaban J connectivity index is 1.75. The Labute approximate surface area is 117 Å². The number of carbonyl (C=O) groups excluding carboxylic acids is 2. The van der Waals surface area contributed by atoms with E-state index < -0.39 is 11.6 Å². The number of hydrogen-bond donors (Lipinski definition) is 2. The molecule has 1 aliphatic heterocycles. The standard InChI is InChI=1S/C15H18N2O3/c1-15(13(18)16-14(19)17-15)10-6-8-12(9-7-10)20-11-4-2-3-5-11/h6-9,11H,2-5H2,1H3,(H2,16,17,18,19). The van der Waals surface area contributed by atoms with E-state index in [-0.39, 0.29) is 5.91 Å². The fourth-order valence-electron chi connectivity index (χ4n) is 2.81. The molecule has 5 heteroatoms. The van der Waals surface area contributed by atoms with Crippen LogP contribution in [-0.4, -0.2) is 18.0 Å². The summed E-state index contributed by atoms with van der Waals surface area (Å²) in [6.07, 6.45) is 4.99. The summed E-state index contributed by atoms with van der Waals surface area (Å²) >= 11 is 0. The second-order valence-electron chi connectivity index (χ2n) is 5.58. The minimum Gasteiger partial charge on any atom is -0.490 e. The molecule has 1 atom stereocenters. The zero-order chi connectivity index (χ0) is 14.2. The Morgan fingerprint density at radius 3 is 2.35 bits per heavy atom. The van der Waals surface area contributed by atoms with Crippen molar-refractivity contribution in [3.8, 4) is 5.75 Å². The highest BCUT2D eigenvalue weighted by molar-refractivity contribution is 6.07. The first-order valence-corrected chi connectivity index (χ1v) is 6.99. The number of urea groups is 1. The maximum atomic E-state index is 11.8. The Bertz CT molecular complexity index is 535. The highest BCUT2D eigenvalue weighted by Gasteiger charge is 2.43. The highest BCUT2D eigenvalue weighted by atomic mass is 16.5. The van der Waals surface area contributed by atoms with E-state index in [4.69, 9.17) is 4.74 Å². The molecule has 2 aliphatic rings. The molecule has 0 radical (unpaired) electrons. The fourth-order valence-corrected chi connectivity index (χ4v) is 2.81. The van der Waals surface area contributed by atoms with Crippen molar-refractivity contribution in [3.63, 3.8) is 0 Å². The Morgan fingerprint density at radius 2 is 1.80 bits per heavy atom. The summed E-state index contributed by atoms with van der Waals surface area (Å²) < 4.78 is 5.89. The van der Waals surface area contributed by atoms with Gasteiger partial charge in [0, 0.05) is 0 Å². The number of carbonyl (C=O) groups is 2. The van der Waals surface area contributed by atoms with Crippen molar-refractivity contribution in [1.82, 2.24) is 10.6 Å². The molecular formula is C15H18N2O3. The van der Waals surface area contributed by atoms with E-state index in [0.29, 0.717) is 6.10 Å².